The van der Waals surface area contributed by atoms with Crippen molar-refractivity contribution in [2.45, 2.75) is 13.3 Å². The number of hydrogen-bond donors (Lipinski definition) is 2. The van der Waals surface area contributed by atoms with E-state index < -0.39 is 0 Å². The third-order valence-electron chi connectivity index (χ3n) is 3.09. The number of carbonyl (C=O) groups is 1. The van der Waals surface area contributed by atoms with E-state index in [4.69, 9.17) is 0 Å². The number of H-pyrrole nitrogens is 1. The van der Waals surface area contributed by atoms with Gasteiger partial charge in [0.2, 0.25) is 11.9 Å². The number of aromatic nitrogens is 3. The van der Waals surface area contributed by atoms with Gasteiger partial charge in [-0.05, 0) is 30.7 Å². The van der Waals surface area contributed by atoms with Gasteiger partial charge in [-0.2, -0.15) is 0 Å². The predicted octanol–water partition coefficient (Wildman–Crippen LogP) is 2.45. The zero-order valence-corrected chi connectivity index (χ0v) is 11.1. The Morgan fingerprint density at radius 3 is 2.90 bits per heavy atom. The van der Waals surface area contributed by atoms with Crippen LogP contribution in [-0.2, 0) is 11.2 Å². The first-order chi connectivity index (χ1) is 9.72. The molecule has 0 atom stereocenters. The number of aromatic amines is 1. The predicted molar refractivity (Wildman–Crippen MR) is 77.4 cm³/mol. The number of amides is 1. The first kappa shape index (κ1) is 12.3. The maximum Gasteiger partial charge on any atom is 0.232 e. The monoisotopic (exact) mass is 266 g/mol. The van der Waals surface area contributed by atoms with Crippen molar-refractivity contribution in [3.63, 3.8) is 0 Å². The van der Waals surface area contributed by atoms with Crippen LogP contribution < -0.4 is 5.32 Å². The summed E-state index contributed by atoms with van der Waals surface area (Å²) < 4.78 is 0. The number of imidazole rings is 1. The van der Waals surface area contributed by atoms with Gasteiger partial charge < -0.3 is 4.98 Å². The van der Waals surface area contributed by atoms with Crippen molar-refractivity contribution < 1.29 is 4.79 Å². The summed E-state index contributed by atoms with van der Waals surface area (Å²) in [4.78, 5) is 23.6. The molecule has 100 valence electrons. The van der Waals surface area contributed by atoms with E-state index in [1.165, 1.54) is 0 Å². The number of fused-ring (bicyclic) bond motifs is 1. The number of nitrogens with zero attached hydrogens (tertiary/aromatic N) is 2. The fraction of sp³-hybridized carbons (Fsp3) is 0.133. The molecular formula is C15H14N4O. The zero-order valence-electron chi connectivity index (χ0n) is 11.1. The van der Waals surface area contributed by atoms with E-state index in [0.29, 0.717) is 5.95 Å². The molecule has 20 heavy (non-hydrogen) atoms. The van der Waals surface area contributed by atoms with Gasteiger partial charge in [0.05, 0.1) is 23.1 Å². The summed E-state index contributed by atoms with van der Waals surface area (Å²) in [5, 5.41) is 2.76. The van der Waals surface area contributed by atoms with E-state index in [-0.39, 0.29) is 12.3 Å². The van der Waals surface area contributed by atoms with Crippen LogP contribution in [0.25, 0.3) is 11.0 Å². The maximum atomic E-state index is 12.0. The normalized spacial score (nSPS) is 10.7. The van der Waals surface area contributed by atoms with Crippen LogP contribution in [0.4, 0.5) is 5.95 Å². The Hall–Kier alpha value is -2.69. The minimum Gasteiger partial charge on any atom is -0.324 e. The van der Waals surface area contributed by atoms with Gasteiger partial charge in [-0.25, -0.2) is 4.98 Å². The van der Waals surface area contributed by atoms with Crippen LogP contribution in [0.2, 0.25) is 0 Å². The van der Waals surface area contributed by atoms with Gasteiger partial charge in [0, 0.05) is 6.20 Å². The van der Waals surface area contributed by atoms with Gasteiger partial charge in [0.15, 0.2) is 0 Å². The maximum absolute atomic E-state index is 12.0. The third kappa shape index (κ3) is 2.51. The van der Waals surface area contributed by atoms with Crippen molar-refractivity contribution in [1.82, 2.24) is 15.0 Å². The molecule has 0 saturated carbocycles. The lowest BCUT2D eigenvalue weighted by Crippen LogP contribution is -2.16. The molecule has 5 heteroatoms. The van der Waals surface area contributed by atoms with E-state index in [9.17, 15) is 4.79 Å². The Morgan fingerprint density at radius 1 is 1.25 bits per heavy atom. The number of carbonyl (C=O) groups excluding carboxylic acids is 1. The second kappa shape index (κ2) is 5.13. The lowest BCUT2D eigenvalue weighted by atomic mass is 10.1. The molecule has 0 aliphatic carbocycles. The number of benzene rings is 1. The van der Waals surface area contributed by atoms with Crippen LogP contribution in [0.1, 0.15) is 11.3 Å². The average Bonchev–Trinajstić information content (AvgIpc) is 2.83. The Balaban J connectivity index is 1.74. The molecule has 3 rings (SSSR count). The van der Waals surface area contributed by atoms with Crippen molar-refractivity contribution in [3.05, 3.63) is 53.9 Å². The topological polar surface area (TPSA) is 70.7 Å². The lowest BCUT2D eigenvalue weighted by Gasteiger charge is -2.04. The van der Waals surface area contributed by atoms with Crippen molar-refractivity contribution in [2.75, 3.05) is 5.32 Å². The Morgan fingerprint density at radius 2 is 2.10 bits per heavy atom. The molecule has 2 heterocycles. The number of aryl methyl sites for hydroxylation is 1. The fourth-order valence-corrected chi connectivity index (χ4v) is 2.04. The van der Waals surface area contributed by atoms with Crippen LogP contribution in [-0.4, -0.2) is 20.9 Å². The Kier molecular flexibility index (Phi) is 3.16. The third-order valence-corrected chi connectivity index (χ3v) is 3.09. The number of para-hydroxylation sites is 2. The molecule has 0 aliphatic rings. The molecule has 0 spiro atoms. The Bertz CT molecular complexity index is 730. The number of rotatable bonds is 3. The second-order valence-electron chi connectivity index (χ2n) is 4.59. The molecule has 0 saturated heterocycles. The van der Waals surface area contributed by atoms with Gasteiger partial charge in [-0.3, -0.25) is 15.1 Å². The first-order valence-corrected chi connectivity index (χ1v) is 6.37. The average molecular weight is 266 g/mol. The second-order valence-corrected chi connectivity index (χ2v) is 4.59. The van der Waals surface area contributed by atoms with Gasteiger partial charge in [-0.15, -0.1) is 0 Å². The minimum atomic E-state index is -0.133. The number of hydrogen-bond acceptors (Lipinski definition) is 3. The summed E-state index contributed by atoms with van der Waals surface area (Å²) in [5.74, 6) is 0.329. The fourth-order valence-electron chi connectivity index (χ4n) is 2.04. The lowest BCUT2D eigenvalue weighted by molar-refractivity contribution is -0.115. The standard InChI is InChI=1S/C15H14N4O/c1-10-5-4-8-16-13(10)9-14(20)19-15-17-11-6-2-3-7-12(11)18-15/h2-8H,9H2,1H3,(H2,17,18,19,20). The van der Waals surface area contributed by atoms with Gasteiger partial charge in [0.25, 0.3) is 0 Å². The van der Waals surface area contributed by atoms with E-state index in [2.05, 4.69) is 20.3 Å². The number of anilines is 1. The van der Waals surface area contributed by atoms with Crippen molar-refractivity contribution in [3.8, 4) is 0 Å². The molecule has 3 aromatic rings. The van der Waals surface area contributed by atoms with Crippen LogP contribution in [0, 0.1) is 6.92 Å². The molecule has 0 fully saturated rings. The van der Waals surface area contributed by atoms with Gasteiger partial charge in [0.1, 0.15) is 0 Å². The van der Waals surface area contributed by atoms with Gasteiger partial charge >= 0.3 is 0 Å². The molecule has 0 aliphatic heterocycles. The van der Waals surface area contributed by atoms with Crippen LogP contribution >= 0.6 is 0 Å². The van der Waals surface area contributed by atoms with Crippen molar-refractivity contribution in [1.29, 1.82) is 0 Å². The van der Waals surface area contributed by atoms with Crippen LogP contribution in [0.5, 0.6) is 0 Å². The highest BCUT2D eigenvalue weighted by molar-refractivity contribution is 5.92. The van der Waals surface area contributed by atoms with E-state index in [0.717, 1.165) is 22.3 Å². The summed E-state index contributed by atoms with van der Waals surface area (Å²) in [6.07, 6.45) is 1.93. The minimum absolute atomic E-state index is 0.133. The van der Waals surface area contributed by atoms with E-state index in [1.807, 2.05) is 43.3 Å². The zero-order chi connectivity index (χ0) is 13.9. The van der Waals surface area contributed by atoms with Crippen LogP contribution in [0.3, 0.4) is 0 Å². The van der Waals surface area contributed by atoms with Crippen LogP contribution in [0.15, 0.2) is 42.6 Å². The highest BCUT2D eigenvalue weighted by Crippen LogP contribution is 2.13. The highest BCUT2D eigenvalue weighted by atomic mass is 16.1. The Labute approximate surface area is 116 Å². The van der Waals surface area contributed by atoms with Crippen molar-refractivity contribution >= 4 is 22.9 Å². The quantitative estimate of drug-likeness (QED) is 0.765. The van der Waals surface area contributed by atoms with Crippen molar-refractivity contribution in [2.24, 2.45) is 0 Å². The van der Waals surface area contributed by atoms with E-state index in [1.54, 1.807) is 6.20 Å². The summed E-state index contributed by atoms with van der Waals surface area (Å²) in [6.45, 7) is 1.94. The largest absolute Gasteiger partial charge is 0.324 e. The first-order valence-electron chi connectivity index (χ1n) is 6.37. The molecule has 0 bridgehead atoms. The molecular weight excluding hydrogens is 252 g/mol. The summed E-state index contributed by atoms with van der Waals surface area (Å²) in [7, 11) is 0. The summed E-state index contributed by atoms with van der Waals surface area (Å²) in [6, 6.07) is 11.4. The molecule has 0 radical (unpaired) electrons. The molecule has 5 nitrogen and oxygen atoms in total. The van der Waals surface area contributed by atoms with E-state index >= 15 is 0 Å². The molecule has 1 amide bonds. The molecule has 1 aromatic carbocycles. The smallest absolute Gasteiger partial charge is 0.232 e. The van der Waals surface area contributed by atoms with Gasteiger partial charge in [-0.1, -0.05) is 18.2 Å². The summed E-state index contributed by atoms with van der Waals surface area (Å²) in [5.41, 5.74) is 3.52. The number of nitrogens with one attached hydrogen (secondary N) is 2. The molecule has 2 aromatic heterocycles. The summed E-state index contributed by atoms with van der Waals surface area (Å²) >= 11 is 0. The molecule has 0 unspecified atom stereocenters. The number of pyridine rings is 1. The molecule has 2 N–H and O–H groups in total. The highest BCUT2D eigenvalue weighted by Gasteiger charge is 2.09. The SMILES string of the molecule is Cc1cccnc1CC(=O)Nc1nc2ccccc2[nH]1.